The Labute approximate surface area is 127 Å². The van der Waals surface area contributed by atoms with E-state index in [1.54, 1.807) is 0 Å². The Morgan fingerprint density at radius 1 is 1.05 bits per heavy atom. The van der Waals surface area contributed by atoms with E-state index in [2.05, 4.69) is 39.0 Å². The maximum absolute atomic E-state index is 10.8. The summed E-state index contributed by atoms with van der Waals surface area (Å²) in [6, 6.07) is 12.5. The van der Waals surface area contributed by atoms with Crippen LogP contribution in [0.1, 0.15) is 51.5 Å². The van der Waals surface area contributed by atoms with Gasteiger partial charge in [0, 0.05) is 5.39 Å². The quantitative estimate of drug-likeness (QED) is 0.733. The van der Waals surface area contributed by atoms with E-state index in [1.165, 1.54) is 24.8 Å². The highest BCUT2D eigenvalue weighted by atomic mass is 16.3. The van der Waals surface area contributed by atoms with Gasteiger partial charge in [0.25, 0.3) is 0 Å². The molecular weight excluding hydrogens is 256 g/mol. The lowest BCUT2D eigenvalue weighted by atomic mass is 9.65. The molecule has 1 heteroatoms. The monoisotopic (exact) mass is 280 g/mol. The first-order chi connectivity index (χ1) is 9.95. The highest BCUT2D eigenvalue weighted by Gasteiger charge is 2.61. The first kappa shape index (κ1) is 13.2. The van der Waals surface area contributed by atoms with Crippen LogP contribution < -0.4 is 0 Å². The van der Waals surface area contributed by atoms with Gasteiger partial charge in [-0.2, -0.15) is 0 Å². The van der Waals surface area contributed by atoms with Crippen LogP contribution in [0.5, 0.6) is 5.75 Å². The highest BCUT2D eigenvalue weighted by Crippen LogP contribution is 2.71. The minimum absolute atomic E-state index is 0.317. The van der Waals surface area contributed by atoms with Gasteiger partial charge in [0.15, 0.2) is 0 Å². The SMILES string of the molecule is CC1(C)C2CCC1(C)C(c1ccc3ccccc3c1O)C2. The van der Waals surface area contributed by atoms with Gasteiger partial charge >= 0.3 is 0 Å². The second-order valence-corrected chi connectivity index (χ2v) is 7.89. The lowest BCUT2D eigenvalue weighted by molar-refractivity contribution is 0.133. The van der Waals surface area contributed by atoms with E-state index >= 15 is 0 Å². The summed E-state index contributed by atoms with van der Waals surface area (Å²) in [5.74, 6) is 1.82. The van der Waals surface area contributed by atoms with Crippen molar-refractivity contribution in [2.24, 2.45) is 16.7 Å². The van der Waals surface area contributed by atoms with Crippen molar-refractivity contribution in [3.63, 3.8) is 0 Å². The molecule has 0 aliphatic heterocycles. The highest BCUT2D eigenvalue weighted by molar-refractivity contribution is 5.89. The second kappa shape index (κ2) is 4.03. The summed E-state index contributed by atoms with van der Waals surface area (Å²) in [7, 11) is 0. The van der Waals surface area contributed by atoms with E-state index in [0.29, 0.717) is 22.5 Å². The molecule has 3 unspecified atom stereocenters. The Hall–Kier alpha value is -1.50. The normalized spacial score (nSPS) is 33.7. The van der Waals surface area contributed by atoms with E-state index < -0.39 is 0 Å². The first-order valence-corrected chi connectivity index (χ1v) is 8.16. The van der Waals surface area contributed by atoms with Crippen LogP contribution >= 0.6 is 0 Å². The van der Waals surface area contributed by atoms with Crippen molar-refractivity contribution in [3.8, 4) is 5.75 Å². The van der Waals surface area contributed by atoms with E-state index in [1.807, 2.05) is 18.2 Å². The van der Waals surface area contributed by atoms with Gasteiger partial charge in [-0.05, 0) is 52.9 Å². The average molecular weight is 280 g/mol. The molecule has 4 rings (SSSR count). The smallest absolute Gasteiger partial charge is 0.126 e. The molecule has 0 heterocycles. The van der Waals surface area contributed by atoms with Crippen LogP contribution in [-0.2, 0) is 0 Å². The van der Waals surface area contributed by atoms with Crippen molar-refractivity contribution in [2.45, 2.75) is 46.0 Å². The molecule has 0 aromatic heterocycles. The van der Waals surface area contributed by atoms with Crippen molar-refractivity contribution in [1.29, 1.82) is 0 Å². The standard InChI is InChI=1S/C20H24O/c1-19(2)14-10-11-20(19,3)17(12-14)16-9-8-13-6-4-5-7-15(13)18(16)21/h4-9,14,17,21H,10-12H2,1-3H3. The van der Waals surface area contributed by atoms with Crippen LogP contribution in [0, 0.1) is 16.7 Å². The Bertz CT molecular complexity index is 715. The van der Waals surface area contributed by atoms with Gasteiger partial charge in [-0.1, -0.05) is 57.2 Å². The fraction of sp³-hybridized carbons (Fsp3) is 0.500. The third kappa shape index (κ3) is 1.52. The number of hydrogen-bond donors (Lipinski definition) is 1. The van der Waals surface area contributed by atoms with E-state index in [4.69, 9.17) is 0 Å². The molecule has 0 saturated heterocycles. The molecule has 1 N–H and O–H groups in total. The van der Waals surface area contributed by atoms with Crippen molar-refractivity contribution in [1.82, 2.24) is 0 Å². The Morgan fingerprint density at radius 3 is 2.48 bits per heavy atom. The molecule has 110 valence electrons. The van der Waals surface area contributed by atoms with Crippen LogP contribution in [0.15, 0.2) is 36.4 Å². The predicted octanol–water partition coefficient (Wildman–Crippen LogP) is 5.48. The van der Waals surface area contributed by atoms with Gasteiger partial charge in [0.1, 0.15) is 5.75 Å². The van der Waals surface area contributed by atoms with Crippen molar-refractivity contribution >= 4 is 10.8 Å². The van der Waals surface area contributed by atoms with E-state index in [0.717, 1.165) is 16.7 Å². The second-order valence-electron chi connectivity index (χ2n) is 7.89. The summed E-state index contributed by atoms with van der Waals surface area (Å²) in [4.78, 5) is 0. The van der Waals surface area contributed by atoms with Crippen LogP contribution in [0.2, 0.25) is 0 Å². The topological polar surface area (TPSA) is 20.2 Å². The van der Waals surface area contributed by atoms with Gasteiger partial charge in [-0.3, -0.25) is 0 Å². The minimum Gasteiger partial charge on any atom is -0.507 e. The van der Waals surface area contributed by atoms with Crippen LogP contribution in [0.3, 0.4) is 0 Å². The fourth-order valence-electron chi connectivity index (χ4n) is 5.23. The number of fused-ring (bicyclic) bond motifs is 3. The van der Waals surface area contributed by atoms with Crippen molar-refractivity contribution in [2.75, 3.05) is 0 Å². The Morgan fingerprint density at radius 2 is 1.81 bits per heavy atom. The third-order valence-corrected chi connectivity index (χ3v) is 7.10. The number of benzene rings is 2. The zero-order valence-electron chi connectivity index (χ0n) is 13.2. The zero-order chi connectivity index (χ0) is 14.8. The molecular formula is C20H24O. The largest absolute Gasteiger partial charge is 0.507 e. The minimum atomic E-state index is 0.317. The Kier molecular flexibility index (Phi) is 2.53. The summed E-state index contributed by atoms with van der Waals surface area (Å²) in [6.07, 6.45) is 3.88. The maximum Gasteiger partial charge on any atom is 0.126 e. The molecule has 2 saturated carbocycles. The van der Waals surface area contributed by atoms with Crippen LogP contribution in [0.25, 0.3) is 10.8 Å². The van der Waals surface area contributed by atoms with Gasteiger partial charge in [-0.25, -0.2) is 0 Å². The number of rotatable bonds is 1. The molecule has 2 aliphatic rings. The van der Waals surface area contributed by atoms with E-state index in [-0.39, 0.29) is 0 Å². The molecule has 1 nitrogen and oxygen atoms in total. The molecule has 2 fully saturated rings. The van der Waals surface area contributed by atoms with Crippen molar-refractivity contribution in [3.05, 3.63) is 42.0 Å². The molecule has 0 spiro atoms. The summed E-state index contributed by atoms with van der Waals surface area (Å²) in [5, 5.41) is 13.0. The van der Waals surface area contributed by atoms with Crippen molar-refractivity contribution < 1.29 is 5.11 Å². The summed E-state index contributed by atoms with van der Waals surface area (Å²) < 4.78 is 0. The molecule has 0 radical (unpaired) electrons. The van der Waals surface area contributed by atoms with Gasteiger partial charge in [0.05, 0.1) is 0 Å². The average Bonchev–Trinajstić information content (AvgIpc) is 2.81. The Balaban J connectivity index is 1.87. The lowest BCUT2D eigenvalue weighted by Gasteiger charge is -2.39. The lowest BCUT2D eigenvalue weighted by Crippen LogP contribution is -2.31. The fourth-order valence-corrected chi connectivity index (χ4v) is 5.23. The maximum atomic E-state index is 10.8. The van der Waals surface area contributed by atoms with Gasteiger partial charge < -0.3 is 5.11 Å². The first-order valence-electron chi connectivity index (χ1n) is 8.16. The summed E-state index contributed by atoms with van der Waals surface area (Å²) in [5.41, 5.74) is 1.87. The molecule has 3 atom stereocenters. The molecule has 2 aromatic rings. The molecule has 0 amide bonds. The van der Waals surface area contributed by atoms with E-state index in [9.17, 15) is 5.11 Å². The number of aromatic hydroxyl groups is 1. The number of phenolic OH excluding ortho intramolecular Hbond substituents is 1. The molecule has 2 aliphatic carbocycles. The molecule has 2 bridgehead atoms. The van der Waals surface area contributed by atoms with Gasteiger partial charge in [-0.15, -0.1) is 0 Å². The molecule has 2 aromatic carbocycles. The van der Waals surface area contributed by atoms with Crippen LogP contribution in [-0.4, -0.2) is 5.11 Å². The number of phenols is 1. The van der Waals surface area contributed by atoms with Crippen LogP contribution in [0.4, 0.5) is 0 Å². The molecule has 21 heavy (non-hydrogen) atoms. The third-order valence-electron chi connectivity index (χ3n) is 7.10. The zero-order valence-corrected chi connectivity index (χ0v) is 13.2. The summed E-state index contributed by atoms with van der Waals surface area (Å²) >= 11 is 0. The summed E-state index contributed by atoms with van der Waals surface area (Å²) in [6.45, 7) is 7.31. The predicted molar refractivity (Wildman–Crippen MR) is 87.6 cm³/mol. The van der Waals surface area contributed by atoms with Gasteiger partial charge in [0.2, 0.25) is 0 Å². The number of hydrogen-bond acceptors (Lipinski definition) is 1.